The van der Waals surface area contributed by atoms with Crippen molar-refractivity contribution in [3.05, 3.63) is 24.3 Å². The van der Waals surface area contributed by atoms with E-state index in [9.17, 15) is 13.2 Å². The van der Waals surface area contributed by atoms with Gasteiger partial charge in [0, 0.05) is 12.2 Å². The highest BCUT2D eigenvalue weighted by Crippen LogP contribution is 2.14. The van der Waals surface area contributed by atoms with E-state index >= 15 is 0 Å². The number of hydrogen-bond acceptors (Lipinski definition) is 5. The molecule has 0 amide bonds. The number of nitrogens with one attached hydrogen (secondary N) is 2. The van der Waals surface area contributed by atoms with E-state index in [2.05, 4.69) is 10.6 Å². The summed E-state index contributed by atoms with van der Waals surface area (Å²) < 4.78 is 30.8. The Balaban J connectivity index is 2.65. The molecule has 0 saturated heterocycles. The smallest absolute Gasteiger partial charge is 0.322 e. The van der Waals surface area contributed by atoms with Crippen LogP contribution in [-0.2, 0) is 14.9 Å². The van der Waals surface area contributed by atoms with Gasteiger partial charge in [0.05, 0.1) is 4.90 Å². The number of carbonyl (C=O) groups is 1. The summed E-state index contributed by atoms with van der Waals surface area (Å²) in [6.07, 6.45) is 0. The van der Waals surface area contributed by atoms with E-state index in [-0.39, 0.29) is 16.6 Å². The number of carboxylic acids is 1. The van der Waals surface area contributed by atoms with Gasteiger partial charge in [0.1, 0.15) is 6.04 Å². The molecule has 1 atom stereocenters. The monoisotopic (exact) mass is 319 g/mol. The lowest BCUT2D eigenvalue weighted by Gasteiger charge is -2.12. The number of rotatable bonds is 5. The van der Waals surface area contributed by atoms with Gasteiger partial charge in [-0.2, -0.15) is 8.42 Å². The molecule has 0 radical (unpaired) electrons. The maximum absolute atomic E-state index is 11.0. The third kappa shape index (κ3) is 5.09. The van der Waals surface area contributed by atoms with E-state index in [4.69, 9.17) is 27.6 Å². The molecule has 0 unspecified atom stereocenters. The van der Waals surface area contributed by atoms with Crippen molar-refractivity contribution in [2.75, 3.05) is 11.9 Å². The van der Waals surface area contributed by atoms with Crippen molar-refractivity contribution in [2.45, 2.75) is 10.9 Å². The minimum absolute atomic E-state index is 0.0780. The molecule has 1 aromatic carbocycles. The van der Waals surface area contributed by atoms with Crippen LogP contribution in [0.1, 0.15) is 0 Å². The summed E-state index contributed by atoms with van der Waals surface area (Å²) in [7, 11) is -4.30. The Kier molecular flexibility index (Phi) is 5.39. The van der Waals surface area contributed by atoms with Crippen LogP contribution < -0.4 is 16.4 Å². The third-order valence-electron chi connectivity index (χ3n) is 2.19. The van der Waals surface area contributed by atoms with Gasteiger partial charge < -0.3 is 21.5 Å². The number of aliphatic carboxylic acids is 1. The van der Waals surface area contributed by atoms with Crippen molar-refractivity contribution < 1.29 is 22.9 Å². The molecule has 0 aliphatic carbocycles. The number of anilines is 1. The molecule has 0 saturated carbocycles. The van der Waals surface area contributed by atoms with Gasteiger partial charge in [-0.3, -0.25) is 9.35 Å². The quantitative estimate of drug-likeness (QED) is 0.363. The van der Waals surface area contributed by atoms with E-state index in [1.54, 1.807) is 0 Å². The van der Waals surface area contributed by atoms with E-state index in [1.807, 2.05) is 0 Å². The second kappa shape index (κ2) is 6.61. The zero-order valence-corrected chi connectivity index (χ0v) is 11.7. The first-order chi connectivity index (χ1) is 9.20. The molecule has 0 aromatic heterocycles. The number of hydrogen-bond donors (Lipinski definition) is 5. The average Bonchev–Trinajstić information content (AvgIpc) is 2.35. The molecule has 0 spiro atoms. The van der Waals surface area contributed by atoms with Crippen LogP contribution >= 0.6 is 12.2 Å². The van der Waals surface area contributed by atoms with Gasteiger partial charge in [0.15, 0.2) is 5.11 Å². The summed E-state index contributed by atoms with van der Waals surface area (Å²) >= 11 is 4.90. The minimum atomic E-state index is -4.30. The highest BCUT2D eigenvalue weighted by molar-refractivity contribution is 7.85. The zero-order chi connectivity index (χ0) is 15.3. The van der Waals surface area contributed by atoms with Crippen LogP contribution in [0.15, 0.2) is 29.2 Å². The van der Waals surface area contributed by atoms with E-state index < -0.39 is 22.1 Å². The van der Waals surface area contributed by atoms with Gasteiger partial charge in [-0.15, -0.1) is 0 Å². The molecule has 0 bridgehead atoms. The molecular formula is C10H13N3O5S2. The van der Waals surface area contributed by atoms with E-state index in [0.717, 1.165) is 0 Å². The highest BCUT2D eigenvalue weighted by Gasteiger charge is 2.12. The van der Waals surface area contributed by atoms with Gasteiger partial charge in [-0.25, -0.2) is 0 Å². The van der Waals surface area contributed by atoms with Crippen molar-refractivity contribution in [2.24, 2.45) is 5.73 Å². The summed E-state index contributed by atoms with van der Waals surface area (Å²) in [5.74, 6) is -1.17. The molecular weight excluding hydrogens is 306 g/mol. The number of carboxylic acid groups (broad SMARTS) is 1. The summed E-state index contributed by atoms with van der Waals surface area (Å²) in [6.45, 7) is -0.0842. The fourth-order valence-corrected chi connectivity index (χ4v) is 1.93. The van der Waals surface area contributed by atoms with Crippen LogP contribution in [0, 0.1) is 0 Å². The van der Waals surface area contributed by atoms with Crippen LogP contribution in [-0.4, -0.2) is 41.7 Å². The van der Waals surface area contributed by atoms with Gasteiger partial charge >= 0.3 is 5.97 Å². The molecule has 8 nitrogen and oxygen atoms in total. The molecule has 0 fully saturated rings. The molecule has 1 aromatic rings. The van der Waals surface area contributed by atoms with Gasteiger partial charge in [0.25, 0.3) is 10.1 Å². The minimum Gasteiger partial charge on any atom is -0.480 e. The first-order valence-corrected chi connectivity index (χ1v) is 7.16. The van der Waals surface area contributed by atoms with Crippen molar-refractivity contribution >= 4 is 39.1 Å². The topological polar surface area (TPSA) is 142 Å². The number of nitrogens with two attached hydrogens (primary N) is 1. The van der Waals surface area contributed by atoms with Crippen LogP contribution in [0.5, 0.6) is 0 Å². The molecule has 110 valence electrons. The van der Waals surface area contributed by atoms with Crippen molar-refractivity contribution in [3.8, 4) is 0 Å². The van der Waals surface area contributed by atoms with Crippen molar-refractivity contribution in [1.29, 1.82) is 0 Å². The molecule has 6 N–H and O–H groups in total. The maximum atomic E-state index is 11.0. The normalized spacial score (nSPS) is 12.5. The third-order valence-corrected chi connectivity index (χ3v) is 3.29. The molecule has 10 heteroatoms. The second-order valence-corrected chi connectivity index (χ2v) is 5.61. The fourth-order valence-electron chi connectivity index (χ4n) is 1.20. The van der Waals surface area contributed by atoms with E-state index in [0.29, 0.717) is 5.69 Å². The Morgan fingerprint density at radius 3 is 2.65 bits per heavy atom. The Hall–Kier alpha value is -1.75. The van der Waals surface area contributed by atoms with Crippen LogP contribution in [0.25, 0.3) is 0 Å². The lowest BCUT2D eigenvalue weighted by Crippen LogP contribution is -2.43. The first-order valence-electron chi connectivity index (χ1n) is 5.31. The second-order valence-electron chi connectivity index (χ2n) is 3.78. The predicted molar refractivity (Wildman–Crippen MR) is 76.1 cm³/mol. The van der Waals surface area contributed by atoms with Gasteiger partial charge in [0.2, 0.25) is 0 Å². The fraction of sp³-hybridized carbons (Fsp3) is 0.200. The summed E-state index contributed by atoms with van der Waals surface area (Å²) in [5.41, 5.74) is 5.60. The lowest BCUT2D eigenvalue weighted by molar-refractivity contribution is -0.138. The summed E-state index contributed by atoms with van der Waals surface area (Å²) in [6, 6.07) is 4.23. The summed E-state index contributed by atoms with van der Waals surface area (Å²) in [4.78, 5) is 10.2. The standard InChI is InChI=1S/C10H13N3O5S2/c11-8(9(14)15)5-12-10(19)13-6-2-1-3-7(4-6)20(16,17)18/h1-4,8H,5,11H2,(H,14,15)(H2,12,13,19)(H,16,17,18)/t8-/m0/s1. The van der Waals surface area contributed by atoms with Gasteiger partial charge in [-0.05, 0) is 30.4 Å². The Bertz CT molecular complexity index is 617. The highest BCUT2D eigenvalue weighted by atomic mass is 32.2. The Morgan fingerprint density at radius 1 is 1.45 bits per heavy atom. The zero-order valence-electron chi connectivity index (χ0n) is 10.1. The van der Waals surface area contributed by atoms with E-state index in [1.165, 1.54) is 24.3 Å². The predicted octanol–water partition coefficient (Wildman–Crippen LogP) is -0.368. The van der Waals surface area contributed by atoms with Crippen LogP contribution in [0.4, 0.5) is 5.69 Å². The Morgan fingerprint density at radius 2 is 2.10 bits per heavy atom. The van der Waals surface area contributed by atoms with Crippen molar-refractivity contribution in [1.82, 2.24) is 5.32 Å². The lowest BCUT2D eigenvalue weighted by atomic mass is 10.3. The summed E-state index contributed by atoms with van der Waals surface area (Å²) in [5, 5.41) is 13.9. The average molecular weight is 319 g/mol. The number of benzene rings is 1. The largest absolute Gasteiger partial charge is 0.480 e. The molecule has 20 heavy (non-hydrogen) atoms. The number of thiocarbonyl (C=S) groups is 1. The SMILES string of the molecule is N[C@@H](CNC(=S)Nc1cccc(S(=O)(=O)O)c1)C(=O)O. The Labute approximate surface area is 120 Å². The molecule has 0 aliphatic rings. The molecule has 0 heterocycles. The van der Waals surface area contributed by atoms with Crippen LogP contribution in [0.3, 0.4) is 0 Å². The first kappa shape index (κ1) is 16.3. The molecule has 1 rings (SSSR count). The maximum Gasteiger partial charge on any atom is 0.322 e. The van der Waals surface area contributed by atoms with Gasteiger partial charge in [-0.1, -0.05) is 6.07 Å². The van der Waals surface area contributed by atoms with Crippen molar-refractivity contribution in [3.63, 3.8) is 0 Å². The van der Waals surface area contributed by atoms with Crippen LogP contribution in [0.2, 0.25) is 0 Å². The molecule has 0 aliphatic heterocycles.